The van der Waals surface area contributed by atoms with Crippen molar-refractivity contribution in [2.75, 3.05) is 6.54 Å². The third kappa shape index (κ3) is 6.38. The molecule has 2 aromatic rings. The van der Waals surface area contributed by atoms with E-state index in [0.717, 1.165) is 5.56 Å². The van der Waals surface area contributed by atoms with Gasteiger partial charge in [-0.05, 0) is 37.5 Å². The van der Waals surface area contributed by atoms with Crippen molar-refractivity contribution in [3.8, 4) is 5.75 Å². The molecule has 38 heavy (non-hydrogen) atoms. The highest BCUT2D eigenvalue weighted by atomic mass is 35.5. The molecule has 3 N–H and O–H groups in total. The summed E-state index contributed by atoms with van der Waals surface area (Å²) in [5.74, 6) is -2.32. The number of esters is 1. The van der Waals surface area contributed by atoms with Gasteiger partial charge in [0.15, 0.2) is 5.75 Å². The van der Waals surface area contributed by atoms with Crippen molar-refractivity contribution in [1.29, 1.82) is 0 Å². The van der Waals surface area contributed by atoms with Crippen LogP contribution in [0.25, 0.3) is 0 Å². The molecule has 3 amide bonds. The summed E-state index contributed by atoms with van der Waals surface area (Å²) in [6.45, 7) is 2.05. The number of cyclic esters (lactones) is 1. The summed E-state index contributed by atoms with van der Waals surface area (Å²) >= 11 is 11.8. The average molecular weight is 564 g/mol. The molecule has 0 saturated carbocycles. The van der Waals surface area contributed by atoms with Crippen LogP contribution in [0.1, 0.15) is 42.1 Å². The van der Waals surface area contributed by atoms with E-state index in [1.807, 2.05) is 30.3 Å². The quantitative estimate of drug-likeness (QED) is 0.420. The Balaban J connectivity index is 1.35. The first-order valence-corrected chi connectivity index (χ1v) is 12.8. The number of amides is 3. The summed E-state index contributed by atoms with van der Waals surface area (Å²) < 4.78 is 11.0. The maximum atomic E-state index is 13.2. The molecule has 2 fully saturated rings. The highest BCUT2D eigenvalue weighted by Gasteiger charge is 2.41. The van der Waals surface area contributed by atoms with Crippen LogP contribution in [0.5, 0.6) is 5.75 Å². The number of carbonyl (C=O) groups is 4. The molecule has 2 aliphatic rings. The Kier molecular flexibility index (Phi) is 8.76. The normalized spacial score (nSPS) is 21.6. The molecule has 0 radical (unpaired) electrons. The fourth-order valence-electron chi connectivity index (χ4n) is 4.43. The van der Waals surface area contributed by atoms with Gasteiger partial charge < -0.3 is 30.1 Å². The van der Waals surface area contributed by atoms with E-state index in [9.17, 15) is 24.3 Å². The van der Waals surface area contributed by atoms with Crippen LogP contribution < -0.4 is 10.6 Å². The Bertz CT molecular complexity index is 1200. The van der Waals surface area contributed by atoms with Crippen LogP contribution in [0.15, 0.2) is 42.5 Å². The number of hydrogen-bond acceptors (Lipinski definition) is 7. The topological polar surface area (TPSA) is 134 Å². The molecule has 2 heterocycles. The summed E-state index contributed by atoms with van der Waals surface area (Å²) in [4.78, 5) is 52.3. The summed E-state index contributed by atoms with van der Waals surface area (Å²) in [5.41, 5.74) is 0.960. The van der Waals surface area contributed by atoms with E-state index in [4.69, 9.17) is 32.7 Å². The molecule has 4 atom stereocenters. The number of benzene rings is 2. The Morgan fingerprint density at radius 1 is 1.18 bits per heavy atom. The van der Waals surface area contributed by atoms with Crippen LogP contribution in [-0.4, -0.2) is 64.7 Å². The number of hydrogen-bond donors (Lipinski definition) is 3. The number of aromatic hydroxyl groups is 1. The fourth-order valence-corrected chi connectivity index (χ4v) is 4.91. The number of rotatable bonds is 8. The first-order valence-electron chi connectivity index (χ1n) is 12.1. The Hall–Kier alpha value is -3.34. The van der Waals surface area contributed by atoms with Gasteiger partial charge in [-0.2, -0.15) is 0 Å². The predicted molar refractivity (Wildman–Crippen MR) is 137 cm³/mol. The monoisotopic (exact) mass is 563 g/mol. The molecular formula is C26H27Cl2N3O7. The smallest absolute Gasteiger partial charge is 0.310 e. The largest absolute Gasteiger partial charge is 0.505 e. The summed E-state index contributed by atoms with van der Waals surface area (Å²) in [5, 5.41) is 14.9. The summed E-state index contributed by atoms with van der Waals surface area (Å²) in [6.07, 6.45) is 0.0374. The molecule has 0 aromatic heterocycles. The number of carbonyl (C=O) groups excluding carboxylic acids is 4. The van der Waals surface area contributed by atoms with Crippen molar-refractivity contribution < 1.29 is 33.8 Å². The lowest BCUT2D eigenvalue weighted by Gasteiger charge is -2.28. The minimum absolute atomic E-state index is 0.0456. The molecule has 10 nitrogen and oxygen atoms in total. The van der Waals surface area contributed by atoms with Gasteiger partial charge in [-0.3, -0.25) is 19.2 Å². The second kappa shape index (κ2) is 12.0. The van der Waals surface area contributed by atoms with Gasteiger partial charge in [0.1, 0.15) is 18.1 Å². The highest BCUT2D eigenvalue weighted by Crippen LogP contribution is 2.32. The van der Waals surface area contributed by atoms with Crippen LogP contribution in [-0.2, 0) is 30.5 Å². The van der Waals surface area contributed by atoms with Crippen molar-refractivity contribution in [2.45, 2.75) is 57.2 Å². The lowest BCUT2D eigenvalue weighted by atomic mass is 10.1. The van der Waals surface area contributed by atoms with Gasteiger partial charge in [0.25, 0.3) is 5.91 Å². The summed E-state index contributed by atoms with van der Waals surface area (Å²) in [6, 6.07) is 9.40. The van der Waals surface area contributed by atoms with Gasteiger partial charge in [0.2, 0.25) is 18.1 Å². The Morgan fingerprint density at radius 2 is 1.87 bits per heavy atom. The first kappa shape index (κ1) is 27.7. The van der Waals surface area contributed by atoms with Crippen LogP contribution >= 0.6 is 23.2 Å². The zero-order chi connectivity index (χ0) is 27.4. The lowest BCUT2D eigenvalue weighted by molar-refractivity contribution is -0.168. The van der Waals surface area contributed by atoms with Crippen molar-refractivity contribution in [1.82, 2.24) is 15.5 Å². The number of likely N-dealkylation sites (tertiary alicyclic amines) is 1. The van der Waals surface area contributed by atoms with Gasteiger partial charge in [-0.25, -0.2) is 0 Å². The van der Waals surface area contributed by atoms with Gasteiger partial charge in [0, 0.05) is 12.1 Å². The number of nitrogens with one attached hydrogen (secondary N) is 2. The maximum Gasteiger partial charge on any atom is 0.310 e. The van der Waals surface area contributed by atoms with E-state index in [0.29, 0.717) is 19.4 Å². The zero-order valence-corrected chi connectivity index (χ0v) is 22.0. The van der Waals surface area contributed by atoms with Crippen LogP contribution in [0, 0.1) is 0 Å². The van der Waals surface area contributed by atoms with Gasteiger partial charge in [-0.1, -0.05) is 53.5 Å². The minimum atomic E-state index is -0.958. The van der Waals surface area contributed by atoms with E-state index in [1.165, 1.54) is 24.0 Å². The van der Waals surface area contributed by atoms with Gasteiger partial charge in [0.05, 0.1) is 23.1 Å². The van der Waals surface area contributed by atoms with E-state index in [-0.39, 0.29) is 34.4 Å². The second-order valence-corrected chi connectivity index (χ2v) is 9.96. The number of phenolic OH excluding ortho intramolecular Hbond substituents is 1. The number of ether oxygens (including phenoxy) is 2. The molecule has 2 aliphatic heterocycles. The van der Waals surface area contributed by atoms with Crippen molar-refractivity contribution >= 4 is 46.9 Å². The minimum Gasteiger partial charge on any atom is -0.505 e. The molecule has 0 aliphatic carbocycles. The van der Waals surface area contributed by atoms with Gasteiger partial charge >= 0.3 is 5.97 Å². The second-order valence-electron chi connectivity index (χ2n) is 9.15. The van der Waals surface area contributed by atoms with Crippen molar-refractivity contribution in [3.63, 3.8) is 0 Å². The predicted octanol–water partition coefficient (Wildman–Crippen LogP) is 2.78. The van der Waals surface area contributed by atoms with E-state index >= 15 is 0 Å². The van der Waals surface area contributed by atoms with Crippen LogP contribution in [0.4, 0.5) is 0 Å². The third-order valence-corrected chi connectivity index (χ3v) is 6.96. The Morgan fingerprint density at radius 3 is 2.55 bits per heavy atom. The fraction of sp³-hybridized carbons (Fsp3) is 0.385. The average Bonchev–Trinajstić information content (AvgIpc) is 3.52. The standard InChI is InChI=1S/C26H27Cl2N3O7/c1-14(29-23(34)16-10-17(27)22(33)18(28)11-16)25(36)31-9-5-8-20(31)24(35)30-19-12-21(32)38-26(19)37-13-15-6-3-2-4-7-15/h2-4,6-7,10-11,14,19-20,26,33H,5,8-9,12-13H2,1H3,(H,29,34)(H,30,35). The number of phenols is 1. The highest BCUT2D eigenvalue weighted by molar-refractivity contribution is 6.37. The van der Waals surface area contributed by atoms with E-state index < -0.39 is 48.1 Å². The van der Waals surface area contributed by atoms with Crippen molar-refractivity contribution in [2.24, 2.45) is 0 Å². The first-order chi connectivity index (χ1) is 18.1. The molecule has 12 heteroatoms. The number of nitrogens with zero attached hydrogens (tertiary/aromatic N) is 1. The summed E-state index contributed by atoms with van der Waals surface area (Å²) in [7, 11) is 0. The molecular weight excluding hydrogens is 537 g/mol. The third-order valence-electron chi connectivity index (χ3n) is 6.38. The van der Waals surface area contributed by atoms with Crippen LogP contribution in [0.3, 0.4) is 0 Å². The molecule has 2 saturated heterocycles. The molecule has 4 rings (SSSR count). The van der Waals surface area contributed by atoms with E-state index in [2.05, 4.69) is 10.6 Å². The van der Waals surface area contributed by atoms with Gasteiger partial charge in [-0.15, -0.1) is 0 Å². The lowest BCUT2D eigenvalue weighted by Crippen LogP contribution is -2.54. The number of halogens is 2. The molecule has 4 unspecified atom stereocenters. The zero-order valence-electron chi connectivity index (χ0n) is 20.5. The Labute approximate surface area is 229 Å². The molecule has 202 valence electrons. The van der Waals surface area contributed by atoms with Crippen molar-refractivity contribution in [3.05, 3.63) is 63.6 Å². The van der Waals surface area contributed by atoms with E-state index in [1.54, 1.807) is 0 Å². The van der Waals surface area contributed by atoms with Crippen LogP contribution in [0.2, 0.25) is 10.0 Å². The maximum absolute atomic E-state index is 13.2. The molecule has 0 spiro atoms. The molecule has 0 bridgehead atoms. The SMILES string of the molecule is CC(NC(=O)c1cc(Cl)c(O)c(Cl)c1)C(=O)N1CCCC1C(=O)NC1CC(=O)OC1OCc1ccccc1. The molecule has 2 aromatic carbocycles.